The van der Waals surface area contributed by atoms with Crippen LogP contribution in [0.25, 0.3) is 28.0 Å². The van der Waals surface area contributed by atoms with Crippen molar-refractivity contribution in [2.45, 2.75) is 19.3 Å². The van der Waals surface area contributed by atoms with Crippen LogP contribution in [0.3, 0.4) is 0 Å². The average Bonchev–Trinajstić information content (AvgIpc) is 2.83. The van der Waals surface area contributed by atoms with E-state index in [1.54, 1.807) is 0 Å². The van der Waals surface area contributed by atoms with Gasteiger partial charge < -0.3 is 4.74 Å². The standard InChI is InChI=1S/C22H15BrF2O/c1-22(2)16-6-4-3-5-13(16)18-14-8-12(24)9-17(25)19(14)21-15(20(18)22)7-11(23)10-26-21/h3-9H,10H2,1-2H3. The normalized spacial score (nSPS) is 16.6. The lowest BCUT2D eigenvalue weighted by molar-refractivity contribution is 0.358. The predicted molar refractivity (Wildman–Crippen MR) is 104 cm³/mol. The highest BCUT2D eigenvalue weighted by molar-refractivity contribution is 9.11. The Morgan fingerprint density at radius 1 is 1.12 bits per heavy atom. The fraction of sp³-hybridized carbons (Fsp3) is 0.182. The maximum atomic E-state index is 14.8. The third-order valence-electron chi connectivity index (χ3n) is 5.47. The highest BCUT2D eigenvalue weighted by Crippen LogP contribution is 2.56. The highest BCUT2D eigenvalue weighted by atomic mass is 79.9. The molecule has 0 radical (unpaired) electrons. The molecule has 3 aromatic rings. The Morgan fingerprint density at radius 2 is 1.88 bits per heavy atom. The minimum atomic E-state index is -0.590. The summed E-state index contributed by atoms with van der Waals surface area (Å²) in [7, 11) is 0. The molecule has 1 aliphatic heterocycles. The minimum absolute atomic E-state index is 0.294. The lowest BCUT2D eigenvalue weighted by Crippen LogP contribution is -2.18. The van der Waals surface area contributed by atoms with Crippen LogP contribution in [0, 0.1) is 11.6 Å². The Hall–Kier alpha value is -2.20. The van der Waals surface area contributed by atoms with Crippen LogP contribution in [0.5, 0.6) is 5.75 Å². The summed E-state index contributed by atoms with van der Waals surface area (Å²) < 4.78 is 35.8. The van der Waals surface area contributed by atoms with Crippen LogP contribution in [0.1, 0.15) is 30.5 Å². The van der Waals surface area contributed by atoms with Gasteiger partial charge in [0, 0.05) is 21.5 Å². The first-order valence-electron chi connectivity index (χ1n) is 8.47. The van der Waals surface area contributed by atoms with Gasteiger partial charge in [-0.05, 0) is 39.8 Å². The summed E-state index contributed by atoms with van der Waals surface area (Å²) in [6.07, 6.45) is 2.01. The van der Waals surface area contributed by atoms with Crippen molar-refractivity contribution in [3.8, 4) is 16.9 Å². The first kappa shape index (κ1) is 16.0. The summed E-state index contributed by atoms with van der Waals surface area (Å²) in [4.78, 5) is 0. The van der Waals surface area contributed by atoms with E-state index in [4.69, 9.17) is 4.74 Å². The summed E-state index contributed by atoms with van der Waals surface area (Å²) in [5.41, 5.74) is 4.72. The van der Waals surface area contributed by atoms with Crippen LogP contribution in [0.4, 0.5) is 8.78 Å². The molecule has 0 aromatic heterocycles. The molecule has 4 heteroatoms. The summed E-state index contributed by atoms with van der Waals surface area (Å²) in [5, 5.41) is 0.921. The summed E-state index contributed by atoms with van der Waals surface area (Å²) in [5.74, 6) is -0.667. The molecule has 2 aliphatic rings. The zero-order chi connectivity index (χ0) is 18.2. The van der Waals surface area contributed by atoms with Crippen molar-refractivity contribution in [3.05, 3.63) is 69.2 Å². The van der Waals surface area contributed by atoms with Crippen molar-refractivity contribution in [3.63, 3.8) is 0 Å². The number of benzene rings is 3. The fourth-order valence-corrected chi connectivity index (χ4v) is 4.80. The van der Waals surface area contributed by atoms with Crippen LogP contribution in [0.2, 0.25) is 0 Å². The molecule has 0 atom stereocenters. The molecule has 130 valence electrons. The molecule has 1 nitrogen and oxygen atoms in total. The van der Waals surface area contributed by atoms with Crippen molar-refractivity contribution in [2.24, 2.45) is 0 Å². The Morgan fingerprint density at radius 3 is 2.69 bits per heavy atom. The van der Waals surface area contributed by atoms with Gasteiger partial charge in [0.2, 0.25) is 0 Å². The molecular weight excluding hydrogens is 398 g/mol. The topological polar surface area (TPSA) is 9.23 Å². The van der Waals surface area contributed by atoms with Gasteiger partial charge in [-0.25, -0.2) is 8.78 Å². The van der Waals surface area contributed by atoms with E-state index in [9.17, 15) is 8.78 Å². The molecule has 0 unspecified atom stereocenters. The first-order chi connectivity index (χ1) is 12.4. The van der Waals surface area contributed by atoms with E-state index in [1.807, 2.05) is 24.3 Å². The van der Waals surface area contributed by atoms with Gasteiger partial charge in [0.1, 0.15) is 24.0 Å². The number of hydrogen-bond donors (Lipinski definition) is 0. The van der Waals surface area contributed by atoms with Crippen LogP contribution in [-0.2, 0) is 5.41 Å². The molecule has 1 aliphatic carbocycles. The van der Waals surface area contributed by atoms with Crippen molar-refractivity contribution in [1.29, 1.82) is 0 Å². The minimum Gasteiger partial charge on any atom is -0.487 e. The predicted octanol–water partition coefficient (Wildman–Crippen LogP) is 6.55. The maximum absolute atomic E-state index is 14.8. The van der Waals surface area contributed by atoms with Crippen LogP contribution in [-0.4, -0.2) is 6.61 Å². The molecule has 0 N–H and O–H groups in total. The van der Waals surface area contributed by atoms with Crippen molar-refractivity contribution in [1.82, 2.24) is 0 Å². The lowest BCUT2D eigenvalue weighted by atomic mass is 9.78. The smallest absolute Gasteiger partial charge is 0.138 e. The van der Waals surface area contributed by atoms with Gasteiger partial charge in [-0.2, -0.15) is 0 Å². The molecule has 0 fully saturated rings. The molecule has 0 bridgehead atoms. The van der Waals surface area contributed by atoms with Crippen LogP contribution < -0.4 is 4.74 Å². The molecule has 1 heterocycles. The van der Waals surface area contributed by atoms with Gasteiger partial charge in [-0.15, -0.1) is 0 Å². The van der Waals surface area contributed by atoms with Crippen molar-refractivity contribution < 1.29 is 13.5 Å². The van der Waals surface area contributed by atoms with Gasteiger partial charge in [-0.3, -0.25) is 0 Å². The van der Waals surface area contributed by atoms with E-state index in [0.29, 0.717) is 23.1 Å². The molecule has 0 saturated heterocycles. The Labute approximate surface area is 158 Å². The molecule has 5 rings (SSSR count). The van der Waals surface area contributed by atoms with Crippen LogP contribution >= 0.6 is 15.9 Å². The quantitative estimate of drug-likeness (QED) is 0.406. The van der Waals surface area contributed by atoms with E-state index >= 15 is 0 Å². The van der Waals surface area contributed by atoms with Crippen molar-refractivity contribution >= 4 is 32.8 Å². The average molecular weight is 413 g/mol. The molecule has 26 heavy (non-hydrogen) atoms. The van der Waals surface area contributed by atoms with Crippen molar-refractivity contribution in [2.75, 3.05) is 6.61 Å². The van der Waals surface area contributed by atoms with Gasteiger partial charge in [-0.1, -0.05) is 54.0 Å². The number of hydrogen-bond acceptors (Lipinski definition) is 1. The molecule has 0 saturated carbocycles. The largest absolute Gasteiger partial charge is 0.487 e. The second-order valence-corrected chi connectivity index (χ2v) is 8.37. The van der Waals surface area contributed by atoms with Gasteiger partial charge in [0.25, 0.3) is 0 Å². The molecule has 0 amide bonds. The summed E-state index contributed by atoms with van der Waals surface area (Å²) >= 11 is 3.52. The van der Waals surface area contributed by atoms with Gasteiger partial charge >= 0.3 is 0 Å². The fourth-order valence-electron chi connectivity index (χ4n) is 4.46. The Kier molecular flexibility index (Phi) is 3.18. The second kappa shape index (κ2) is 5.17. The Bertz CT molecular complexity index is 1140. The second-order valence-electron chi connectivity index (χ2n) is 7.35. The number of ether oxygens (including phenoxy) is 1. The number of rotatable bonds is 0. The zero-order valence-electron chi connectivity index (χ0n) is 14.3. The van der Waals surface area contributed by atoms with Gasteiger partial charge in [0.05, 0.1) is 5.39 Å². The number of halogens is 3. The lowest BCUT2D eigenvalue weighted by Gasteiger charge is -2.28. The van der Waals surface area contributed by atoms with Gasteiger partial charge in [0.15, 0.2) is 0 Å². The van der Waals surface area contributed by atoms with E-state index in [2.05, 4.69) is 35.8 Å². The summed E-state index contributed by atoms with van der Waals surface area (Å²) in [6, 6.07) is 10.4. The third kappa shape index (κ3) is 1.94. The number of fused-ring (bicyclic) bond motifs is 8. The van der Waals surface area contributed by atoms with E-state index in [0.717, 1.165) is 38.4 Å². The maximum Gasteiger partial charge on any atom is 0.138 e. The Balaban J connectivity index is 2.08. The van der Waals surface area contributed by atoms with E-state index < -0.39 is 11.6 Å². The molecule has 3 aromatic carbocycles. The van der Waals surface area contributed by atoms with E-state index in [1.165, 1.54) is 6.07 Å². The van der Waals surface area contributed by atoms with E-state index in [-0.39, 0.29) is 5.41 Å². The molecular formula is C22H15BrF2O. The molecule has 0 spiro atoms. The monoisotopic (exact) mass is 412 g/mol. The zero-order valence-corrected chi connectivity index (χ0v) is 15.9. The summed E-state index contributed by atoms with van der Waals surface area (Å²) in [6.45, 7) is 4.64. The first-order valence-corrected chi connectivity index (χ1v) is 9.27. The highest BCUT2D eigenvalue weighted by Gasteiger charge is 2.40. The third-order valence-corrected chi connectivity index (χ3v) is 5.92. The SMILES string of the molecule is CC1(C)c2ccccc2-c2c1c1c(c3c(F)cc(F)cc23)OCC(Br)=C1. The van der Waals surface area contributed by atoms with Crippen LogP contribution in [0.15, 0.2) is 40.9 Å².